The lowest BCUT2D eigenvalue weighted by atomic mass is 9.96. The first-order valence-electron chi connectivity index (χ1n) is 8.78. The molecule has 1 aromatic heterocycles. The first-order chi connectivity index (χ1) is 11.9. The molecule has 1 aliphatic heterocycles. The Morgan fingerprint density at radius 1 is 1.24 bits per heavy atom. The molecule has 3 rings (SSSR count). The van der Waals surface area contributed by atoms with Gasteiger partial charge in [0.1, 0.15) is 5.82 Å². The van der Waals surface area contributed by atoms with Crippen molar-refractivity contribution in [1.29, 1.82) is 0 Å². The molecule has 1 fully saturated rings. The molecule has 0 aliphatic carbocycles. The summed E-state index contributed by atoms with van der Waals surface area (Å²) < 4.78 is 0. The number of aryl methyl sites for hydroxylation is 1. The number of carbonyl (C=O) groups excluding carboxylic acids is 1. The van der Waals surface area contributed by atoms with Gasteiger partial charge in [-0.05, 0) is 32.3 Å². The Balaban J connectivity index is 1.90. The van der Waals surface area contributed by atoms with Crippen LogP contribution in [0.5, 0.6) is 0 Å². The lowest BCUT2D eigenvalue weighted by Gasteiger charge is -2.34. The molecular weight excluding hydrogens is 312 g/mol. The summed E-state index contributed by atoms with van der Waals surface area (Å²) in [5, 5.41) is 0. The predicted octanol–water partition coefficient (Wildman–Crippen LogP) is 2.93. The highest BCUT2D eigenvalue weighted by molar-refractivity contribution is 5.80. The topological polar surface area (TPSA) is 49.3 Å². The van der Waals surface area contributed by atoms with E-state index in [2.05, 4.69) is 11.9 Å². The summed E-state index contributed by atoms with van der Waals surface area (Å²) in [6.45, 7) is 4.83. The maximum atomic E-state index is 13.0. The molecule has 0 radical (unpaired) electrons. The van der Waals surface area contributed by atoms with Gasteiger partial charge in [-0.25, -0.2) is 9.97 Å². The van der Waals surface area contributed by atoms with Gasteiger partial charge in [-0.3, -0.25) is 4.79 Å². The van der Waals surface area contributed by atoms with Crippen LogP contribution in [0.4, 0.5) is 5.82 Å². The van der Waals surface area contributed by atoms with E-state index in [0.717, 1.165) is 42.3 Å². The smallest absolute Gasteiger partial charge is 0.227 e. The van der Waals surface area contributed by atoms with Gasteiger partial charge in [0.25, 0.3) is 0 Å². The zero-order chi connectivity index (χ0) is 18.0. The molecule has 132 valence electrons. The third kappa shape index (κ3) is 3.50. The van der Waals surface area contributed by atoms with Crippen molar-refractivity contribution in [2.75, 3.05) is 25.5 Å². The van der Waals surface area contributed by atoms with Crippen LogP contribution >= 0.6 is 0 Å². The molecule has 5 heteroatoms. The standard InChI is InChI=1S/C20H26N4O/c1-15-13-17(23(3)4)22-19(21-15)20(2)11-8-12-24(20)18(25)14-16-9-6-5-7-10-16/h5-7,9-10,13H,8,11-12,14H2,1-4H3/t20-/m0/s1. The van der Waals surface area contributed by atoms with E-state index in [4.69, 9.17) is 4.98 Å². The number of anilines is 1. The van der Waals surface area contributed by atoms with Crippen LogP contribution in [0.2, 0.25) is 0 Å². The van der Waals surface area contributed by atoms with Crippen LogP contribution in [0, 0.1) is 6.92 Å². The maximum absolute atomic E-state index is 13.0. The fourth-order valence-electron chi connectivity index (χ4n) is 3.48. The third-order valence-electron chi connectivity index (χ3n) is 4.92. The average Bonchev–Trinajstić information content (AvgIpc) is 2.98. The molecule has 1 aromatic carbocycles. The van der Waals surface area contributed by atoms with E-state index in [0.29, 0.717) is 6.42 Å². The zero-order valence-corrected chi connectivity index (χ0v) is 15.5. The molecule has 1 saturated heterocycles. The Labute approximate surface area is 149 Å². The Bertz CT molecular complexity index is 760. The summed E-state index contributed by atoms with van der Waals surface area (Å²) in [6.07, 6.45) is 2.29. The molecule has 1 amide bonds. The van der Waals surface area contributed by atoms with E-state index in [1.807, 2.05) is 67.2 Å². The molecule has 0 bridgehead atoms. The van der Waals surface area contributed by atoms with Crippen LogP contribution in [0.1, 0.15) is 36.8 Å². The van der Waals surface area contributed by atoms with Crippen LogP contribution in [0.15, 0.2) is 36.4 Å². The van der Waals surface area contributed by atoms with E-state index in [1.54, 1.807) is 0 Å². The fourth-order valence-corrected chi connectivity index (χ4v) is 3.48. The number of aromatic nitrogens is 2. The summed E-state index contributed by atoms with van der Waals surface area (Å²) in [5.41, 5.74) is 1.53. The number of amides is 1. The van der Waals surface area contributed by atoms with Crippen molar-refractivity contribution in [3.8, 4) is 0 Å². The van der Waals surface area contributed by atoms with Crippen molar-refractivity contribution in [3.63, 3.8) is 0 Å². The van der Waals surface area contributed by atoms with Crippen LogP contribution in [0.3, 0.4) is 0 Å². The van der Waals surface area contributed by atoms with E-state index in [9.17, 15) is 4.79 Å². The molecule has 25 heavy (non-hydrogen) atoms. The second-order valence-corrected chi connectivity index (χ2v) is 7.17. The second-order valence-electron chi connectivity index (χ2n) is 7.17. The van der Waals surface area contributed by atoms with Gasteiger partial charge in [0, 0.05) is 32.4 Å². The van der Waals surface area contributed by atoms with Crippen molar-refractivity contribution < 1.29 is 4.79 Å². The summed E-state index contributed by atoms with van der Waals surface area (Å²) in [4.78, 5) is 26.3. The van der Waals surface area contributed by atoms with Gasteiger partial charge in [0.05, 0.1) is 12.0 Å². The van der Waals surface area contributed by atoms with Crippen LogP contribution < -0.4 is 4.90 Å². The first kappa shape index (κ1) is 17.4. The molecule has 0 unspecified atom stereocenters. The minimum atomic E-state index is -0.442. The Hall–Kier alpha value is -2.43. The Morgan fingerprint density at radius 2 is 1.96 bits per heavy atom. The number of carbonyl (C=O) groups is 1. The van der Waals surface area contributed by atoms with Crippen molar-refractivity contribution in [2.24, 2.45) is 0 Å². The van der Waals surface area contributed by atoms with Gasteiger partial charge in [-0.1, -0.05) is 30.3 Å². The number of benzene rings is 1. The molecule has 1 atom stereocenters. The van der Waals surface area contributed by atoms with E-state index in [1.165, 1.54) is 0 Å². The van der Waals surface area contributed by atoms with E-state index in [-0.39, 0.29) is 5.91 Å². The normalized spacial score (nSPS) is 19.9. The van der Waals surface area contributed by atoms with Crippen LogP contribution in [0.25, 0.3) is 0 Å². The van der Waals surface area contributed by atoms with Crippen molar-refractivity contribution in [1.82, 2.24) is 14.9 Å². The van der Waals surface area contributed by atoms with Crippen molar-refractivity contribution >= 4 is 11.7 Å². The highest BCUT2D eigenvalue weighted by Gasteiger charge is 2.43. The molecule has 2 heterocycles. The number of hydrogen-bond acceptors (Lipinski definition) is 4. The van der Waals surface area contributed by atoms with Gasteiger partial charge >= 0.3 is 0 Å². The highest BCUT2D eigenvalue weighted by atomic mass is 16.2. The highest BCUT2D eigenvalue weighted by Crippen LogP contribution is 2.37. The Morgan fingerprint density at radius 3 is 2.64 bits per heavy atom. The number of likely N-dealkylation sites (tertiary alicyclic amines) is 1. The molecule has 5 nitrogen and oxygen atoms in total. The van der Waals surface area contributed by atoms with Crippen molar-refractivity contribution in [3.05, 3.63) is 53.5 Å². The van der Waals surface area contributed by atoms with E-state index >= 15 is 0 Å². The summed E-state index contributed by atoms with van der Waals surface area (Å²) in [6, 6.07) is 11.9. The monoisotopic (exact) mass is 338 g/mol. The lowest BCUT2D eigenvalue weighted by molar-refractivity contribution is -0.134. The largest absolute Gasteiger partial charge is 0.363 e. The fraction of sp³-hybridized carbons (Fsp3) is 0.450. The zero-order valence-electron chi connectivity index (χ0n) is 15.5. The van der Waals surface area contributed by atoms with Gasteiger partial charge in [0.2, 0.25) is 5.91 Å². The molecule has 2 aromatic rings. The maximum Gasteiger partial charge on any atom is 0.227 e. The average molecular weight is 338 g/mol. The van der Waals surface area contributed by atoms with Crippen LogP contribution in [-0.2, 0) is 16.8 Å². The lowest BCUT2D eigenvalue weighted by Crippen LogP contribution is -2.45. The molecule has 0 N–H and O–H groups in total. The SMILES string of the molecule is Cc1cc(N(C)C)nc([C@]2(C)CCCN2C(=O)Cc2ccccc2)n1. The summed E-state index contributed by atoms with van der Waals surface area (Å²) >= 11 is 0. The van der Waals surface area contributed by atoms with Gasteiger partial charge in [-0.2, -0.15) is 0 Å². The summed E-state index contributed by atoms with van der Waals surface area (Å²) in [5.74, 6) is 1.77. The Kier molecular flexibility index (Phi) is 4.75. The first-order valence-corrected chi connectivity index (χ1v) is 8.78. The minimum absolute atomic E-state index is 0.141. The number of nitrogens with zero attached hydrogens (tertiary/aromatic N) is 4. The quantitative estimate of drug-likeness (QED) is 0.860. The second kappa shape index (κ2) is 6.82. The van der Waals surface area contributed by atoms with Gasteiger partial charge < -0.3 is 9.80 Å². The summed E-state index contributed by atoms with van der Waals surface area (Å²) in [7, 11) is 3.95. The molecule has 0 spiro atoms. The third-order valence-corrected chi connectivity index (χ3v) is 4.92. The molecular formula is C20H26N4O. The van der Waals surface area contributed by atoms with Gasteiger partial charge in [0.15, 0.2) is 5.82 Å². The minimum Gasteiger partial charge on any atom is -0.363 e. The number of hydrogen-bond donors (Lipinski definition) is 0. The predicted molar refractivity (Wildman–Crippen MR) is 99.5 cm³/mol. The van der Waals surface area contributed by atoms with E-state index < -0.39 is 5.54 Å². The van der Waals surface area contributed by atoms with Crippen molar-refractivity contribution in [2.45, 2.75) is 38.6 Å². The molecule has 0 saturated carbocycles. The van der Waals surface area contributed by atoms with Gasteiger partial charge in [-0.15, -0.1) is 0 Å². The molecule has 1 aliphatic rings. The van der Waals surface area contributed by atoms with Crippen LogP contribution in [-0.4, -0.2) is 41.4 Å². The number of rotatable bonds is 4.